The van der Waals surface area contributed by atoms with Crippen LogP contribution < -0.4 is 0 Å². The molecular weight excluding hydrogens is 168 g/mol. The highest BCUT2D eigenvalue weighted by Crippen LogP contribution is 2.27. The molecule has 1 aromatic rings. The molecule has 0 nitrogen and oxygen atoms in total. The van der Waals surface area contributed by atoms with Crippen molar-refractivity contribution in [1.29, 1.82) is 0 Å². The van der Waals surface area contributed by atoms with Gasteiger partial charge in [-0.05, 0) is 49.3 Å². The summed E-state index contributed by atoms with van der Waals surface area (Å²) >= 11 is 0. The van der Waals surface area contributed by atoms with Gasteiger partial charge >= 0.3 is 0 Å². The van der Waals surface area contributed by atoms with Crippen LogP contribution in [0.25, 0.3) is 0 Å². The van der Waals surface area contributed by atoms with Gasteiger partial charge in [0.2, 0.25) is 0 Å². The predicted octanol–water partition coefficient (Wildman–Crippen LogP) is 4.06. The van der Waals surface area contributed by atoms with Crippen LogP contribution in [0.4, 0.5) is 0 Å². The molecule has 0 heteroatoms. The van der Waals surface area contributed by atoms with Crippen LogP contribution >= 0.6 is 0 Å². The number of rotatable bonds is 1. The zero-order chi connectivity index (χ0) is 9.64. The van der Waals surface area contributed by atoms with E-state index in [4.69, 9.17) is 0 Å². The summed E-state index contributed by atoms with van der Waals surface area (Å²) in [5, 5.41) is 0. The zero-order valence-electron chi connectivity index (χ0n) is 8.45. The third-order valence-electron chi connectivity index (χ3n) is 2.83. The fraction of sp³-hybridized carbons (Fsp3) is 0.357. The Labute approximate surface area is 86.0 Å². The number of hydrogen-bond donors (Lipinski definition) is 0. The lowest BCUT2D eigenvalue weighted by Gasteiger charge is -2.16. The van der Waals surface area contributed by atoms with Crippen LogP contribution in [0, 0.1) is 0 Å². The Bertz CT molecular complexity index is 316. The minimum Gasteiger partial charge on any atom is -0.130 e. The van der Waals surface area contributed by atoms with Gasteiger partial charge in [0.25, 0.3) is 0 Å². The van der Waals surface area contributed by atoms with E-state index in [1.165, 1.54) is 18.4 Å². The van der Waals surface area contributed by atoms with Gasteiger partial charge in [0.05, 0.1) is 0 Å². The summed E-state index contributed by atoms with van der Waals surface area (Å²) in [5.74, 6) is 0.741. The largest absolute Gasteiger partial charge is 0.130 e. The van der Waals surface area contributed by atoms with Crippen LogP contribution in [-0.4, -0.2) is 0 Å². The minimum atomic E-state index is 0.741. The smallest absolute Gasteiger partial charge is 0.0156 e. The second kappa shape index (κ2) is 4.83. The first kappa shape index (κ1) is 9.30. The number of allylic oxidation sites excluding steroid dienone is 1. The maximum atomic E-state index is 3.21. The molecule has 0 saturated carbocycles. The van der Waals surface area contributed by atoms with E-state index in [2.05, 4.69) is 48.2 Å². The van der Waals surface area contributed by atoms with Crippen molar-refractivity contribution in [3.05, 3.63) is 53.8 Å². The van der Waals surface area contributed by atoms with E-state index in [-0.39, 0.29) is 0 Å². The molecule has 0 heterocycles. The lowest BCUT2D eigenvalue weighted by atomic mass is 9.89. The lowest BCUT2D eigenvalue weighted by Crippen LogP contribution is -1.98. The van der Waals surface area contributed by atoms with E-state index in [1.54, 1.807) is 0 Å². The molecule has 0 radical (unpaired) electrons. The van der Waals surface area contributed by atoms with Crippen LogP contribution in [0.15, 0.2) is 48.2 Å². The molecule has 0 spiro atoms. The topological polar surface area (TPSA) is 0 Å². The van der Waals surface area contributed by atoms with Crippen LogP contribution in [-0.2, 0) is 0 Å². The monoisotopic (exact) mass is 184 g/mol. The molecule has 0 N–H and O–H groups in total. The number of hydrogen-bond acceptors (Lipinski definition) is 0. The Kier molecular flexibility index (Phi) is 3.21. The molecule has 0 unspecified atom stereocenters. The van der Waals surface area contributed by atoms with Gasteiger partial charge in [-0.3, -0.25) is 0 Å². The maximum Gasteiger partial charge on any atom is -0.0156 e. The molecule has 0 aromatic heterocycles. The summed E-state index contributed by atoms with van der Waals surface area (Å²) in [6.45, 7) is 0. The van der Waals surface area contributed by atoms with Gasteiger partial charge in [-0.25, -0.2) is 0 Å². The third kappa shape index (κ3) is 2.37. The van der Waals surface area contributed by atoms with Gasteiger partial charge in [-0.2, -0.15) is 0 Å². The molecule has 0 fully saturated rings. The molecule has 0 atom stereocenters. The molecule has 0 aliphatic heterocycles. The van der Waals surface area contributed by atoms with E-state index in [0.29, 0.717) is 0 Å². The van der Waals surface area contributed by atoms with Crippen molar-refractivity contribution in [2.75, 3.05) is 0 Å². The first-order valence-electron chi connectivity index (χ1n) is 5.41. The molecule has 1 aliphatic rings. The highest BCUT2D eigenvalue weighted by atomic mass is 14.1. The Morgan fingerprint density at radius 1 is 0.929 bits per heavy atom. The molecule has 72 valence electrons. The molecular formula is C14H16. The van der Waals surface area contributed by atoms with Crippen LogP contribution in [0.2, 0.25) is 0 Å². The summed E-state index contributed by atoms with van der Waals surface area (Å²) in [4.78, 5) is 0. The van der Waals surface area contributed by atoms with Crippen LogP contribution in [0.3, 0.4) is 0 Å². The first-order chi connectivity index (χ1) is 6.97. The molecule has 0 amide bonds. The molecule has 0 saturated heterocycles. The molecule has 1 aromatic carbocycles. The average Bonchev–Trinajstić information content (AvgIpc) is 2.18. The fourth-order valence-corrected chi connectivity index (χ4v) is 2.02. The summed E-state index contributed by atoms with van der Waals surface area (Å²) in [6, 6.07) is 10.9. The lowest BCUT2D eigenvalue weighted by molar-refractivity contribution is 0.585. The third-order valence-corrected chi connectivity index (χ3v) is 2.83. The van der Waals surface area contributed by atoms with E-state index in [0.717, 1.165) is 18.8 Å². The zero-order valence-corrected chi connectivity index (χ0v) is 8.45. The highest BCUT2D eigenvalue weighted by molar-refractivity contribution is 5.19. The molecule has 0 bridgehead atoms. The van der Waals surface area contributed by atoms with Gasteiger partial charge in [0.15, 0.2) is 0 Å². The second-order valence-electron chi connectivity index (χ2n) is 3.84. The van der Waals surface area contributed by atoms with Crippen molar-refractivity contribution in [3.8, 4) is 0 Å². The van der Waals surface area contributed by atoms with Gasteiger partial charge in [-0.15, -0.1) is 5.73 Å². The SMILES string of the molecule is C1=CCCC(c2ccccc2)CCC=1. The Balaban J connectivity index is 2.09. The number of benzene rings is 1. The Hall–Kier alpha value is -1.26. The summed E-state index contributed by atoms with van der Waals surface area (Å²) in [6.07, 6.45) is 9.19. The second-order valence-corrected chi connectivity index (χ2v) is 3.84. The average molecular weight is 184 g/mol. The van der Waals surface area contributed by atoms with E-state index >= 15 is 0 Å². The van der Waals surface area contributed by atoms with Crippen molar-refractivity contribution < 1.29 is 0 Å². The summed E-state index contributed by atoms with van der Waals surface area (Å²) in [7, 11) is 0. The van der Waals surface area contributed by atoms with Crippen molar-refractivity contribution >= 4 is 0 Å². The van der Waals surface area contributed by atoms with Crippen molar-refractivity contribution in [1.82, 2.24) is 0 Å². The minimum absolute atomic E-state index is 0.741. The first-order valence-corrected chi connectivity index (χ1v) is 5.41. The maximum absolute atomic E-state index is 3.21. The summed E-state index contributed by atoms with van der Waals surface area (Å²) in [5.41, 5.74) is 4.71. The Morgan fingerprint density at radius 3 is 2.21 bits per heavy atom. The summed E-state index contributed by atoms with van der Waals surface area (Å²) < 4.78 is 0. The fourth-order valence-electron chi connectivity index (χ4n) is 2.02. The molecule has 1 aliphatic carbocycles. The van der Waals surface area contributed by atoms with E-state index < -0.39 is 0 Å². The van der Waals surface area contributed by atoms with Crippen molar-refractivity contribution in [3.63, 3.8) is 0 Å². The van der Waals surface area contributed by atoms with Gasteiger partial charge < -0.3 is 0 Å². The van der Waals surface area contributed by atoms with Gasteiger partial charge in [0, 0.05) is 0 Å². The normalized spacial score (nSPS) is 21.6. The quantitative estimate of drug-likeness (QED) is 0.577. The molecule has 2 rings (SSSR count). The van der Waals surface area contributed by atoms with E-state index in [1.807, 2.05) is 0 Å². The van der Waals surface area contributed by atoms with Gasteiger partial charge in [-0.1, -0.05) is 30.3 Å². The van der Waals surface area contributed by atoms with Crippen molar-refractivity contribution in [2.24, 2.45) is 0 Å². The Morgan fingerprint density at radius 2 is 1.57 bits per heavy atom. The standard InChI is InChI=1S/C14H16/c1-2-5-9-13(10-6-3-1)14-11-7-4-8-12-14/h2-4,7-8,11-13H,5-6,9-10H2. The van der Waals surface area contributed by atoms with Gasteiger partial charge in [0.1, 0.15) is 0 Å². The predicted molar refractivity (Wildman–Crippen MR) is 60.3 cm³/mol. The van der Waals surface area contributed by atoms with E-state index in [9.17, 15) is 0 Å². The van der Waals surface area contributed by atoms with Crippen molar-refractivity contribution in [2.45, 2.75) is 31.6 Å². The molecule has 14 heavy (non-hydrogen) atoms. The van der Waals surface area contributed by atoms with Crippen LogP contribution in [0.5, 0.6) is 0 Å². The van der Waals surface area contributed by atoms with Crippen LogP contribution in [0.1, 0.15) is 37.2 Å². The highest BCUT2D eigenvalue weighted by Gasteiger charge is 2.09.